The van der Waals surface area contributed by atoms with Crippen LogP contribution in [0.4, 0.5) is 0 Å². The second kappa shape index (κ2) is 21.2. The summed E-state index contributed by atoms with van der Waals surface area (Å²) >= 11 is 0. The third-order valence-electron chi connectivity index (χ3n) is 9.57. The molecular weight excluding hydrogens is 775 g/mol. The van der Waals surface area contributed by atoms with Crippen molar-refractivity contribution in [1.82, 2.24) is 5.32 Å². The maximum absolute atomic E-state index is 12.7. The van der Waals surface area contributed by atoms with Gasteiger partial charge in [-0.15, -0.1) is 0 Å². The maximum Gasteiger partial charge on any atom is 0.397 e. The standard InChI is InChI=1S/C42H49NO14S/c1-28(44)43-35-36(45)37(51-23-30-16-8-3-9-17-30)34(27-54-58(47,48)49)56-42(35)57-38-33(26-50-22-29-14-6-2-7-15-29)55-41(46)40(53-25-32-20-12-5-13-21-32)39(38)52-24-31-18-10-4-11-19-31/h2-21,33-42,45-46H,22-27H2,1H3,(H,43,44)(H,47,48,49)/t33-,34-,35-,36-,37-,38-,39+,40-,41-,42+/m1/s1. The third kappa shape index (κ3) is 12.7. The average molecular weight is 824 g/mol. The quantitative estimate of drug-likeness (QED) is 0.100. The molecule has 6 rings (SSSR count). The van der Waals surface area contributed by atoms with Gasteiger partial charge in [-0.1, -0.05) is 121 Å². The summed E-state index contributed by atoms with van der Waals surface area (Å²) < 4.78 is 82.0. The van der Waals surface area contributed by atoms with Gasteiger partial charge in [-0.25, -0.2) is 4.18 Å². The summed E-state index contributed by atoms with van der Waals surface area (Å²) in [6, 6.07) is 35.7. The van der Waals surface area contributed by atoms with Crippen molar-refractivity contribution in [3.05, 3.63) is 144 Å². The lowest BCUT2D eigenvalue weighted by Crippen LogP contribution is -2.68. The lowest BCUT2D eigenvalue weighted by Gasteiger charge is -2.49. The molecule has 312 valence electrons. The van der Waals surface area contributed by atoms with Crippen LogP contribution in [0, 0.1) is 0 Å². The Hall–Kier alpha value is -4.14. The molecule has 2 aliphatic rings. The number of benzene rings is 4. The third-order valence-corrected chi connectivity index (χ3v) is 10.0. The highest BCUT2D eigenvalue weighted by molar-refractivity contribution is 7.80. The molecule has 58 heavy (non-hydrogen) atoms. The van der Waals surface area contributed by atoms with E-state index in [2.05, 4.69) is 5.32 Å². The van der Waals surface area contributed by atoms with Crippen LogP contribution in [-0.2, 0) is 79.0 Å². The zero-order valence-corrected chi connectivity index (χ0v) is 32.6. The molecule has 0 unspecified atom stereocenters. The lowest BCUT2D eigenvalue weighted by molar-refractivity contribution is -0.354. The van der Waals surface area contributed by atoms with E-state index >= 15 is 0 Å². The van der Waals surface area contributed by atoms with Crippen molar-refractivity contribution in [2.24, 2.45) is 0 Å². The minimum Gasteiger partial charge on any atom is -0.388 e. The molecule has 2 saturated heterocycles. The van der Waals surface area contributed by atoms with Crippen molar-refractivity contribution >= 4 is 16.3 Å². The Kier molecular flexibility index (Phi) is 15.9. The number of hydrogen-bond acceptors (Lipinski definition) is 13. The molecule has 2 aliphatic heterocycles. The average Bonchev–Trinajstić information content (AvgIpc) is 3.22. The van der Waals surface area contributed by atoms with Gasteiger partial charge in [0, 0.05) is 6.92 Å². The number of amides is 1. The van der Waals surface area contributed by atoms with Gasteiger partial charge in [0.2, 0.25) is 5.91 Å². The molecule has 1 amide bonds. The first-order valence-corrected chi connectivity index (χ1v) is 20.2. The Morgan fingerprint density at radius 2 is 1.07 bits per heavy atom. The number of aliphatic hydroxyl groups is 2. The predicted molar refractivity (Wildman–Crippen MR) is 207 cm³/mol. The fourth-order valence-corrected chi connectivity index (χ4v) is 7.11. The second-order valence-electron chi connectivity index (χ2n) is 13.9. The molecule has 15 nitrogen and oxygen atoms in total. The van der Waals surface area contributed by atoms with Gasteiger partial charge in [-0.3, -0.25) is 9.35 Å². The highest BCUT2D eigenvalue weighted by Crippen LogP contribution is 2.34. The summed E-state index contributed by atoms with van der Waals surface area (Å²) in [4.78, 5) is 12.7. The van der Waals surface area contributed by atoms with E-state index < -0.39 is 84.3 Å². The molecule has 10 atom stereocenters. The Balaban J connectivity index is 1.33. The first kappa shape index (κ1) is 43.4. The van der Waals surface area contributed by atoms with Crippen molar-refractivity contribution in [3.63, 3.8) is 0 Å². The molecule has 0 aliphatic carbocycles. The Labute approximate surface area is 337 Å². The molecule has 2 heterocycles. The molecule has 0 bridgehead atoms. The van der Waals surface area contributed by atoms with Crippen LogP contribution in [0.1, 0.15) is 29.2 Å². The monoisotopic (exact) mass is 823 g/mol. The molecular formula is C42H49NO14S. The zero-order valence-electron chi connectivity index (χ0n) is 31.8. The van der Waals surface area contributed by atoms with E-state index in [0.29, 0.717) is 0 Å². The summed E-state index contributed by atoms with van der Waals surface area (Å²) in [5, 5.41) is 26.1. The Morgan fingerprint density at radius 1 is 0.621 bits per heavy atom. The van der Waals surface area contributed by atoms with Gasteiger partial charge in [-0.05, 0) is 22.3 Å². The van der Waals surface area contributed by atoms with Gasteiger partial charge in [0.25, 0.3) is 0 Å². The number of carbonyl (C=O) groups is 1. The van der Waals surface area contributed by atoms with E-state index in [1.54, 1.807) is 24.3 Å². The largest absolute Gasteiger partial charge is 0.397 e. The summed E-state index contributed by atoms with van der Waals surface area (Å²) in [5.74, 6) is -0.547. The zero-order chi connectivity index (χ0) is 40.9. The van der Waals surface area contributed by atoms with Crippen LogP contribution >= 0.6 is 0 Å². The topological polar surface area (TPSA) is 198 Å². The summed E-state index contributed by atoms with van der Waals surface area (Å²) in [5.41, 5.74) is 3.23. The van der Waals surface area contributed by atoms with Crippen molar-refractivity contribution in [2.45, 2.75) is 94.7 Å². The number of aliphatic hydroxyl groups excluding tert-OH is 2. The fourth-order valence-electron chi connectivity index (χ4n) is 6.80. The molecule has 0 spiro atoms. The molecule has 0 radical (unpaired) electrons. The van der Waals surface area contributed by atoms with Gasteiger partial charge < -0.3 is 48.7 Å². The van der Waals surface area contributed by atoms with Crippen molar-refractivity contribution < 1.29 is 65.3 Å². The molecule has 4 aromatic rings. The minimum atomic E-state index is -4.96. The van der Waals surface area contributed by atoms with E-state index in [0.717, 1.165) is 22.3 Å². The SMILES string of the molecule is CC(=O)N[C@H]1[C@H](O[C@H]2[C@H](OCc3ccccc3)[C@@H](OCc3ccccc3)[C@H](O)O[C@@H]2COCc2ccccc2)O[C@H](COS(=O)(=O)O)[C@@H](OCc2ccccc2)[C@@H]1O. The lowest BCUT2D eigenvalue weighted by atomic mass is 9.95. The van der Waals surface area contributed by atoms with Gasteiger partial charge >= 0.3 is 10.4 Å². The highest BCUT2D eigenvalue weighted by atomic mass is 32.3. The number of ether oxygens (including phenoxy) is 7. The Bertz CT molecular complexity index is 1930. The van der Waals surface area contributed by atoms with Gasteiger partial charge in [-0.2, -0.15) is 8.42 Å². The molecule has 4 N–H and O–H groups in total. The first-order chi connectivity index (χ1) is 28.0. The van der Waals surface area contributed by atoms with Gasteiger partial charge in [0.1, 0.15) is 48.8 Å². The van der Waals surface area contributed by atoms with E-state index in [1.165, 1.54) is 6.92 Å². The second-order valence-corrected chi connectivity index (χ2v) is 15.0. The molecule has 4 aromatic carbocycles. The highest BCUT2D eigenvalue weighted by Gasteiger charge is 2.53. The smallest absolute Gasteiger partial charge is 0.388 e. The van der Waals surface area contributed by atoms with Crippen LogP contribution in [0.5, 0.6) is 0 Å². The summed E-state index contributed by atoms with van der Waals surface area (Å²) in [6.07, 6.45) is -11.8. The van der Waals surface area contributed by atoms with Crippen LogP contribution in [-0.4, -0.2) is 104 Å². The minimum absolute atomic E-state index is 0.0301. The van der Waals surface area contributed by atoms with Gasteiger partial charge in [0.15, 0.2) is 12.6 Å². The van der Waals surface area contributed by atoms with E-state index in [9.17, 15) is 28.0 Å². The molecule has 2 fully saturated rings. The number of carbonyl (C=O) groups excluding carboxylic acids is 1. The summed E-state index contributed by atoms with van der Waals surface area (Å²) in [6.45, 7) is 0.629. The molecule has 0 aromatic heterocycles. The van der Waals surface area contributed by atoms with E-state index in [4.69, 9.17) is 37.3 Å². The number of nitrogens with one attached hydrogen (secondary N) is 1. The fraction of sp³-hybridized carbons (Fsp3) is 0.405. The normalized spacial score (nSPS) is 27.5. The first-order valence-electron chi connectivity index (χ1n) is 18.8. The maximum atomic E-state index is 12.7. The summed E-state index contributed by atoms with van der Waals surface area (Å²) in [7, 11) is -4.96. The Morgan fingerprint density at radius 3 is 1.55 bits per heavy atom. The van der Waals surface area contributed by atoms with Crippen LogP contribution in [0.3, 0.4) is 0 Å². The van der Waals surface area contributed by atoms with E-state index in [-0.39, 0.29) is 33.0 Å². The van der Waals surface area contributed by atoms with Crippen LogP contribution < -0.4 is 5.32 Å². The van der Waals surface area contributed by atoms with Crippen LogP contribution in [0.2, 0.25) is 0 Å². The molecule has 16 heteroatoms. The van der Waals surface area contributed by atoms with Crippen LogP contribution in [0.15, 0.2) is 121 Å². The number of hydrogen-bond donors (Lipinski definition) is 4. The van der Waals surface area contributed by atoms with Crippen molar-refractivity contribution in [2.75, 3.05) is 13.2 Å². The van der Waals surface area contributed by atoms with Crippen molar-refractivity contribution in [3.8, 4) is 0 Å². The van der Waals surface area contributed by atoms with Gasteiger partial charge in [0.05, 0.1) is 39.6 Å². The van der Waals surface area contributed by atoms with E-state index in [1.807, 2.05) is 97.1 Å². The predicted octanol–water partition coefficient (Wildman–Crippen LogP) is 3.47. The van der Waals surface area contributed by atoms with Crippen molar-refractivity contribution in [1.29, 1.82) is 0 Å². The van der Waals surface area contributed by atoms with Crippen LogP contribution in [0.25, 0.3) is 0 Å². The number of rotatable bonds is 19. The molecule has 0 saturated carbocycles.